The highest BCUT2D eigenvalue weighted by molar-refractivity contribution is 9.10. The highest BCUT2D eigenvalue weighted by Gasteiger charge is 2.38. The highest BCUT2D eigenvalue weighted by Crippen LogP contribution is 2.43. The fourth-order valence-electron chi connectivity index (χ4n) is 1.96. The van der Waals surface area contributed by atoms with Crippen molar-refractivity contribution in [3.63, 3.8) is 0 Å². The van der Waals surface area contributed by atoms with Crippen molar-refractivity contribution >= 4 is 21.9 Å². The lowest BCUT2D eigenvalue weighted by molar-refractivity contribution is 0.636. The lowest BCUT2D eigenvalue weighted by Crippen LogP contribution is -2.38. The second kappa shape index (κ2) is 5.74. The molecule has 1 unspecified atom stereocenters. The molecular weight excluding hydrogens is 290 g/mol. The Morgan fingerprint density at radius 1 is 1.50 bits per heavy atom. The monoisotopic (exact) mass is 309 g/mol. The first-order chi connectivity index (χ1) is 8.60. The Balaban J connectivity index is 1.91. The van der Waals surface area contributed by atoms with Crippen molar-refractivity contribution in [3.8, 4) is 0 Å². The van der Waals surface area contributed by atoms with Crippen molar-refractivity contribution in [2.75, 3.05) is 0 Å². The fourth-order valence-corrected chi connectivity index (χ4v) is 2.23. The molecule has 0 amide bonds. The summed E-state index contributed by atoms with van der Waals surface area (Å²) in [5.41, 5.74) is 7.24. The molecule has 0 aromatic heterocycles. The number of halogens is 1. The minimum atomic E-state index is 0.350. The first kappa shape index (κ1) is 13.4. The third-order valence-electron chi connectivity index (χ3n) is 3.37. The van der Waals surface area contributed by atoms with Gasteiger partial charge in [0, 0.05) is 16.4 Å². The van der Waals surface area contributed by atoms with Crippen LogP contribution >= 0.6 is 15.9 Å². The Kier molecular flexibility index (Phi) is 4.27. The van der Waals surface area contributed by atoms with Crippen LogP contribution in [0.2, 0.25) is 0 Å². The zero-order valence-electron chi connectivity index (χ0n) is 10.9. The molecule has 0 radical (unpaired) electrons. The van der Waals surface area contributed by atoms with Gasteiger partial charge in [0.2, 0.25) is 0 Å². The summed E-state index contributed by atoms with van der Waals surface area (Å²) in [5.74, 6) is 1.12. The minimum absolute atomic E-state index is 0.350. The summed E-state index contributed by atoms with van der Waals surface area (Å²) in [4.78, 5) is 4.53. The Morgan fingerprint density at radius 3 is 2.78 bits per heavy atom. The number of nitrogens with zero attached hydrogens (tertiary/aromatic N) is 1. The van der Waals surface area contributed by atoms with Crippen LogP contribution in [-0.4, -0.2) is 18.0 Å². The summed E-state index contributed by atoms with van der Waals surface area (Å²) < 4.78 is 1.12. The number of guanidine groups is 1. The minimum Gasteiger partial charge on any atom is -0.370 e. The van der Waals surface area contributed by atoms with Gasteiger partial charge in [-0.1, -0.05) is 35.0 Å². The zero-order valence-corrected chi connectivity index (χ0v) is 12.4. The van der Waals surface area contributed by atoms with Gasteiger partial charge in [-0.3, -0.25) is 0 Å². The van der Waals surface area contributed by atoms with Crippen LogP contribution < -0.4 is 11.1 Å². The van der Waals surface area contributed by atoms with E-state index in [1.807, 2.05) is 0 Å². The SMILES string of the molecule is CCC(C)NC(N)=N[C@@H]1C[C@H]1c1ccc(Br)cc1. The molecule has 4 heteroatoms. The fraction of sp³-hybridized carbons (Fsp3) is 0.500. The average Bonchev–Trinajstić information content (AvgIpc) is 3.08. The quantitative estimate of drug-likeness (QED) is 0.663. The normalized spacial score (nSPS) is 24.7. The molecule has 0 heterocycles. The molecule has 2 rings (SSSR count). The Labute approximate surface area is 117 Å². The Bertz CT molecular complexity index is 427. The molecule has 1 saturated carbocycles. The summed E-state index contributed by atoms with van der Waals surface area (Å²) in [6.45, 7) is 4.24. The second-order valence-electron chi connectivity index (χ2n) is 4.93. The molecule has 0 aliphatic heterocycles. The van der Waals surface area contributed by atoms with Crippen LogP contribution in [0.15, 0.2) is 33.7 Å². The summed E-state index contributed by atoms with van der Waals surface area (Å²) >= 11 is 3.45. The summed E-state index contributed by atoms with van der Waals surface area (Å²) in [5, 5.41) is 3.20. The molecule has 3 N–H and O–H groups in total. The number of rotatable bonds is 4. The lowest BCUT2D eigenvalue weighted by atomic mass is 10.1. The number of benzene rings is 1. The van der Waals surface area contributed by atoms with Gasteiger partial charge in [-0.25, -0.2) is 4.99 Å². The van der Waals surface area contributed by atoms with Gasteiger partial charge in [-0.15, -0.1) is 0 Å². The predicted octanol–water partition coefficient (Wildman–Crippen LogP) is 3.01. The van der Waals surface area contributed by atoms with Crippen LogP contribution in [0, 0.1) is 0 Å². The Hall–Kier alpha value is -1.03. The van der Waals surface area contributed by atoms with Crippen molar-refractivity contribution in [1.82, 2.24) is 5.32 Å². The van der Waals surface area contributed by atoms with Gasteiger partial charge < -0.3 is 11.1 Å². The summed E-state index contributed by atoms with van der Waals surface area (Å²) in [7, 11) is 0. The largest absolute Gasteiger partial charge is 0.370 e. The first-order valence-corrected chi connectivity index (χ1v) is 7.24. The second-order valence-corrected chi connectivity index (χ2v) is 5.84. The van der Waals surface area contributed by atoms with Crippen molar-refractivity contribution in [3.05, 3.63) is 34.3 Å². The van der Waals surface area contributed by atoms with E-state index in [1.54, 1.807) is 0 Å². The molecule has 0 bridgehead atoms. The van der Waals surface area contributed by atoms with Gasteiger partial charge in [-0.2, -0.15) is 0 Å². The van der Waals surface area contributed by atoms with Gasteiger partial charge in [-0.05, 0) is 37.5 Å². The molecule has 98 valence electrons. The molecule has 3 nitrogen and oxygen atoms in total. The summed E-state index contributed by atoms with van der Waals surface area (Å²) in [6, 6.07) is 9.21. The van der Waals surface area contributed by atoms with Crippen LogP contribution in [0.25, 0.3) is 0 Å². The topological polar surface area (TPSA) is 50.4 Å². The molecule has 0 saturated heterocycles. The van der Waals surface area contributed by atoms with E-state index in [2.05, 4.69) is 64.4 Å². The van der Waals surface area contributed by atoms with Gasteiger partial charge in [0.15, 0.2) is 5.96 Å². The van der Waals surface area contributed by atoms with Crippen LogP contribution in [0.3, 0.4) is 0 Å². The van der Waals surface area contributed by atoms with Crippen LogP contribution in [0.5, 0.6) is 0 Å². The third kappa shape index (κ3) is 3.48. The van der Waals surface area contributed by atoms with E-state index in [1.165, 1.54) is 5.56 Å². The summed E-state index contributed by atoms with van der Waals surface area (Å²) in [6.07, 6.45) is 2.15. The molecule has 1 aromatic carbocycles. The van der Waals surface area contributed by atoms with Crippen molar-refractivity contribution in [1.29, 1.82) is 0 Å². The van der Waals surface area contributed by atoms with Gasteiger partial charge >= 0.3 is 0 Å². The molecule has 1 aliphatic carbocycles. The maximum Gasteiger partial charge on any atom is 0.189 e. The number of nitrogens with one attached hydrogen (secondary N) is 1. The molecule has 18 heavy (non-hydrogen) atoms. The van der Waals surface area contributed by atoms with Gasteiger partial charge in [0.25, 0.3) is 0 Å². The number of nitrogens with two attached hydrogens (primary N) is 1. The van der Waals surface area contributed by atoms with E-state index < -0.39 is 0 Å². The standard InChI is InChI=1S/C14H20BrN3/c1-3-9(2)17-14(16)18-13-8-12(13)10-4-6-11(15)7-5-10/h4-7,9,12-13H,3,8H2,1-2H3,(H3,16,17,18)/t9?,12-,13+/m0/s1. The number of hydrogen-bond acceptors (Lipinski definition) is 1. The smallest absolute Gasteiger partial charge is 0.189 e. The first-order valence-electron chi connectivity index (χ1n) is 6.45. The average molecular weight is 310 g/mol. The highest BCUT2D eigenvalue weighted by atomic mass is 79.9. The van der Waals surface area contributed by atoms with Crippen molar-refractivity contribution < 1.29 is 0 Å². The van der Waals surface area contributed by atoms with E-state index in [9.17, 15) is 0 Å². The van der Waals surface area contributed by atoms with E-state index in [-0.39, 0.29) is 0 Å². The van der Waals surface area contributed by atoms with Crippen molar-refractivity contribution in [2.24, 2.45) is 10.7 Å². The van der Waals surface area contributed by atoms with Crippen LogP contribution in [0.4, 0.5) is 0 Å². The number of hydrogen-bond donors (Lipinski definition) is 2. The number of aliphatic imine (C=N–C) groups is 1. The molecule has 1 fully saturated rings. The van der Waals surface area contributed by atoms with E-state index in [4.69, 9.17) is 5.73 Å². The van der Waals surface area contributed by atoms with Crippen LogP contribution in [-0.2, 0) is 0 Å². The molecule has 1 aromatic rings. The molecule has 0 spiro atoms. The van der Waals surface area contributed by atoms with Crippen LogP contribution in [0.1, 0.15) is 38.2 Å². The van der Waals surface area contributed by atoms with Gasteiger partial charge in [0.1, 0.15) is 0 Å². The Morgan fingerprint density at radius 2 is 2.17 bits per heavy atom. The van der Waals surface area contributed by atoms with E-state index in [0.717, 1.165) is 17.3 Å². The maximum absolute atomic E-state index is 5.89. The molecule has 1 aliphatic rings. The van der Waals surface area contributed by atoms with E-state index in [0.29, 0.717) is 24.0 Å². The maximum atomic E-state index is 5.89. The molecular formula is C14H20BrN3. The molecule has 3 atom stereocenters. The van der Waals surface area contributed by atoms with Crippen molar-refractivity contribution in [2.45, 2.75) is 44.7 Å². The zero-order chi connectivity index (χ0) is 13.1. The predicted molar refractivity (Wildman–Crippen MR) is 79.8 cm³/mol. The van der Waals surface area contributed by atoms with E-state index >= 15 is 0 Å². The lowest BCUT2D eigenvalue weighted by Gasteiger charge is -2.11. The van der Waals surface area contributed by atoms with Gasteiger partial charge in [0.05, 0.1) is 6.04 Å². The third-order valence-corrected chi connectivity index (χ3v) is 3.90.